The van der Waals surface area contributed by atoms with Crippen LogP contribution in [-0.4, -0.2) is 32.0 Å². The molecule has 6 nitrogen and oxygen atoms in total. The smallest absolute Gasteiger partial charge is 0.265 e. The second-order valence-electron chi connectivity index (χ2n) is 6.68. The van der Waals surface area contributed by atoms with Crippen molar-refractivity contribution in [2.24, 2.45) is 0 Å². The van der Waals surface area contributed by atoms with Crippen molar-refractivity contribution < 1.29 is 28.2 Å². The summed E-state index contributed by atoms with van der Waals surface area (Å²) >= 11 is 0. The van der Waals surface area contributed by atoms with Gasteiger partial charge in [0.05, 0.1) is 19.8 Å². The molecule has 3 rings (SSSR count). The highest BCUT2D eigenvalue weighted by Gasteiger charge is 2.33. The number of anilines is 1. The van der Waals surface area contributed by atoms with E-state index in [2.05, 4.69) is 5.32 Å². The third kappa shape index (κ3) is 3.65. The molecular formula is C21H22FNO5. The van der Waals surface area contributed by atoms with Gasteiger partial charge in [0, 0.05) is 23.7 Å². The van der Waals surface area contributed by atoms with E-state index in [9.17, 15) is 14.0 Å². The van der Waals surface area contributed by atoms with Gasteiger partial charge in [0.1, 0.15) is 11.6 Å². The van der Waals surface area contributed by atoms with Gasteiger partial charge in [0.15, 0.2) is 23.4 Å². The van der Waals surface area contributed by atoms with Gasteiger partial charge in [0.25, 0.3) is 5.91 Å². The van der Waals surface area contributed by atoms with E-state index in [4.69, 9.17) is 14.2 Å². The molecule has 7 heteroatoms. The normalized spacial score (nSPS) is 16.3. The van der Waals surface area contributed by atoms with E-state index in [1.54, 1.807) is 32.0 Å². The van der Waals surface area contributed by atoms with Crippen molar-refractivity contribution in [3.8, 4) is 17.2 Å². The molecule has 2 aromatic carbocycles. The monoisotopic (exact) mass is 387 g/mol. The summed E-state index contributed by atoms with van der Waals surface area (Å²) in [5, 5.41) is 2.73. The van der Waals surface area contributed by atoms with Crippen LogP contribution < -0.4 is 19.5 Å². The van der Waals surface area contributed by atoms with E-state index in [-0.39, 0.29) is 29.4 Å². The lowest BCUT2D eigenvalue weighted by molar-refractivity contribution is -0.122. The van der Waals surface area contributed by atoms with E-state index in [0.717, 1.165) is 0 Å². The van der Waals surface area contributed by atoms with Crippen molar-refractivity contribution in [3.05, 3.63) is 47.3 Å². The van der Waals surface area contributed by atoms with Crippen LogP contribution in [0.25, 0.3) is 0 Å². The number of halogens is 1. The molecule has 2 atom stereocenters. The molecule has 28 heavy (non-hydrogen) atoms. The van der Waals surface area contributed by atoms with Crippen molar-refractivity contribution in [1.82, 2.24) is 0 Å². The van der Waals surface area contributed by atoms with Gasteiger partial charge >= 0.3 is 0 Å². The van der Waals surface area contributed by atoms with Gasteiger partial charge in [-0.1, -0.05) is 6.92 Å². The first-order valence-corrected chi connectivity index (χ1v) is 8.90. The lowest BCUT2D eigenvalue weighted by Crippen LogP contribution is -2.30. The number of hydrogen-bond donors (Lipinski definition) is 1. The van der Waals surface area contributed by atoms with Gasteiger partial charge in [0.2, 0.25) is 0 Å². The molecule has 1 N–H and O–H groups in total. The molecule has 0 spiro atoms. The summed E-state index contributed by atoms with van der Waals surface area (Å²) in [6, 6.07) is 7.64. The Morgan fingerprint density at radius 3 is 2.50 bits per heavy atom. The maximum absolute atomic E-state index is 14.1. The zero-order valence-corrected chi connectivity index (χ0v) is 16.2. The average molecular weight is 387 g/mol. The van der Waals surface area contributed by atoms with Crippen LogP contribution in [0.3, 0.4) is 0 Å². The summed E-state index contributed by atoms with van der Waals surface area (Å²) in [6.45, 7) is 3.36. The molecule has 0 aromatic heterocycles. The number of amides is 1. The van der Waals surface area contributed by atoms with Crippen LogP contribution in [0.15, 0.2) is 30.3 Å². The minimum absolute atomic E-state index is 0.176. The van der Waals surface area contributed by atoms with Gasteiger partial charge in [-0.2, -0.15) is 0 Å². The number of methoxy groups -OCH3 is 2. The summed E-state index contributed by atoms with van der Waals surface area (Å²) in [7, 11) is 3.03. The van der Waals surface area contributed by atoms with E-state index in [1.807, 2.05) is 0 Å². The minimum atomic E-state index is -0.897. The first kappa shape index (κ1) is 19.7. The van der Waals surface area contributed by atoms with Gasteiger partial charge < -0.3 is 19.5 Å². The van der Waals surface area contributed by atoms with Crippen LogP contribution in [0.5, 0.6) is 17.2 Å². The Kier molecular flexibility index (Phi) is 5.53. The molecule has 0 heterocycles. The van der Waals surface area contributed by atoms with E-state index >= 15 is 0 Å². The Bertz CT molecular complexity index is 927. The van der Waals surface area contributed by atoms with E-state index in [1.165, 1.54) is 26.4 Å². The van der Waals surface area contributed by atoms with E-state index < -0.39 is 17.8 Å². The molecule has 0 fully saturated rings. The standard InChI is InChI=1S/C21H22FNO5/c1-11-9-15(24)20-17(8-6-14(22)19(11)20)28-12(2)21(25)23-13-5-7-16(26-3)18(10-13)27-4/h5-8,10-12H,9H2,1-4H3,(H,23,25). The number of Topliss-reactive ketones (excluding diaryl/α,β-unsaturated/α-hetero) is 1. The van der Waals surface area contributed by atoms with Crippen LogP contribution in [0.1, 0.15) is 42.1 Å². The topological polar surface area (TPSA) is 73.9 Å². The molecule has 1 aliphatic carbocycles. The summed E-state index contributed by atoms with van der Waals surface area (Å²) in [5.41, 5.74) is 1.10. The number of ketones is 1. The minimum Gasteiger partial charge on any atom is -0.493 e. The molecule has 148 valence electrons. The Hall–Kier alpha value is -3.09. The molecule has 0 aliphatic heterocycles. The molecule has 0 bridgehead atoms. The number of carbonyl (C=O) groups excluding carboxylic acids is 2. The van der Waals surface area contributed by atoms with Crippen molar-refractivity contribution >= 4 is 17.4 Å². The van der Waals surface area contributed by atoms with Crippen LogP contribution in [0, 0.1) is 5.82 Å². The lowest BCUT2D eigenvalue weighted by atomic mass is 10.0. The molecule has 0 saturated carbocycles. The van der Waals surface area contributed by atoms with Gasteiger partial charge in [-0.3, -0.25) is 9.59 Å². The SMILES string of the molecule is COc1ccc(NC(=O)C(C)Oc2ccc(F)c3c2C(=O)CC3C)cc1OC. The fraction of sp³-hybridized carbons (Fsp3) is 0.333. The highest BCUT2D eigenvalue weighted by molar-refractivity contribution is 6.04. The Morgan fingerprint density at radius 2 is 1.82 bits per heavy atom. The first-order valence-electron chi connectivity index (χ1n) is 8.90. The Morgan fingerprint density at radius 1 is 1.14 bits per heavy atom. The number of hydrogen-bond acceptors (Lipinski definition) is 5. The zero-order chi connectivity index (χ0) is 20.4. The number of carbonyl (C=O) groups is 2. The second kappa shape index (κ2) is 7.88. The number of ether oxygens (including phenoxy) is 3. The third-order valence-corrected chi connectivity index (χ3v) is 4.74. The lowest BCUT2D eigenvalue weighted by Gasteiger charge is -2.18. The van der Waals surface area contributed by atoms with Crippen LogP contribution in [0.2, 0.25) is 0 Å². The molecule has 0 radical (unpaired) electrons. The van der Waals surface area contributed by atoms with Crippen molar-refractivity contribution in [3.63, 3.8) is 0 Å². The molecule has 2 aromatic rings. The van der Waals surface area contributed by atoms with Gasteiger partial charge in [-0.25, -0.2) is 4.39 Å². The molecule has 1 aliphatic rings. The summed E-state index contributed by atoms with van der Waals surface area (Å²) in [4.78, 5) is 24.8. The Balaban J connectivity index is 1.77. The number of benzene rings is 2. The molecule has 2 unspecified atom stereocenters. The zero-order valence-electron chi connectivity index (χ0n) is 16.2. The predicted octanol–water partition coefficient (Wildman–Crippen LogP) is 3.94. The van der Waals surface area contributed by atoms with Crippen LogP contribution in [-0.2, 0) is 4.79 Å². The number of nitrogens with one attached hydrogen (secondary N) is 1. The number of rotatable bonds is 6. The Labute approximate surface area is 162 Å². The maximum Gasteiger partial charge on any atom is 0.265 e. The third-order valence-electron chi connectivity index (χ3n) is 4.74. The highest BCUT2D eigenvalue weighted by Crippen LogP contribution is 2.40. The van der Waals surface area contributed by atoms with E-state index in [0.29, 0.717) is 22.7 Å². The predicted molar refractivity (Wildman–Crippen MR) is 102 cm³/mol. The van der Waals surface area contributed by atoms with Crippen molar-refractivity contribution in [2.75, 3.05) is 19.5 Å². The molecular weight excluding hydrogens is 365 g/mol. The van der Waals surface area contributed by atoms with Crippen molar-refractivity contribution in [1.29, 1.82) is 0 Å². The maximum atomic E-state index is 14.1. The summed E-state index contributed by atoms with van der Waals surface area (Å²) in [6.07, 6.45) is -0.662. The van der Waals surface area contributed by atoms with Gasteiger partial charge in [-0.15, -0.1) is 0 Å². The molecule has 1 amide bonds. The fourth-order valence-electron chi connectivity index (χ4n) is 3.33. The van der Waals surface area contributed by atoms with Gasteiger partial charge in [-0.05, 0) is 37.1 Å². The second-order valence-corrected chi connectivity index (χ2v) is 6.68. The largest absolute Gasteiger partial charge is 0.493 e. The quantitative estimate of drug-likeness (QED) is 0.813. The first-order chi connectivity index (χ1) is 13.3. The van der Waals surface area contributed by atoms with Crippen molar-refractivity contribution in [2.45, 2.75) is 32.3 Å². The fourth-order valence-corrected chi connectivity index (χ4v) is 3.33. The van der Waals surface area contributed by atoms with Crippen LogP contribution >= 0.6 is 0 Å². The molecule has 0 saturated heterocycles. The van der Waals surface area contributed by atoms with Crippen LogP contribution in [0.4, 0.5) is 10.1 Å². The highest BCUT2D eigenvalue weighted by atomic mass is 19.1. The number of fused-ring (bicyclic) bond motifs is 1. The summed E-state index contributed by atoms with van der Waals surface area (Å²) < 4.78 is 30.2. The average Bonchev–Trinajstić information content (AvgIpc) is 2.98. The summed E-state index contributed by atoms with van der Waals surface area (Å²) in [5.74, 6) is 0.0168.